The van der Waals surface area contributed by atoms with E-state index in [1.54, 1.807) is 19.2 Å². The Morgan fingerprint density at radius 1 is 1.28 bits per heavy atom. The third kappa shape index (κ3) is 5.18. The molecule has 0 radical (unpaired) electrons. The summed E-state index contributed by atoms with van der Waals surface area (Å²) in [5.74, 6) is 0.497. The van der Waals surface area contributed by atoms with Crippen LogP contribution in [0.2, 0.25) is 0 Å². The van der Waals surface area contributed by atoms with Crippen molar-refractivity contribution in [1.82, 2.24) is 9.97 Å². The van der Waals surface area contributed by atoms with Crippen molar-refractivity contribution < 1.29 is 18.1 Å². The van der Waals surface area contributed by atoms with Crippen molar-refractivity contribution in [3.8, 4) is 5.75 Å². The number of benzene rings is 2. The molecule has 9 heteroatoms. The van der Waals surface area contributed by atoms with E-state index in [9.17, 15) is 8.60 Å². The highest BCUT2D eigenvalue weighted by atomic mass is 32.2. The number of hydrogen-bond acceptors (Lipinski definition) is 8. The maximum Gasteiger partial charge on any atom is 0.146 e. The largest absolute Gasteiger partial charge is 0.486 e. The lowest BCUT2D eigenvalue weighted by Gasteiger charge is -2.18. The Bertz CT molecular complexity index is 1120. The van der Waals surface area contributed by atoms with Gasteiger partial charge in [0.05, 0.1) is 17.8 Å². The number of fused-ring (bicyclic) bond motifs is 1. The van der Waals surface area contributed by atoms with Gasteiger partial charge in [-0.2, -0.15) is 10.6 Å². The van der Waals surface area contributed by atoms with Gasteiger partial charge in [-0.25, -0.2) is 14.4 Å². The van der Waals surface area contributed by atoms with Gasteiger partial charge in [0.2, 0.25) is 0 Å². The van der Waals surface area contributed by atoms with Crippen LogP contribution in [0, 0.1) is 12.7 Å². The fourth-order valence-corrected chi connectivity index (χ4v) is 3.38. The molecule has 0 fully saturated rings. The van der Waals surface area contributed by atoms with Gasteiger partial charge in [-0.05, 0) is 43.7 Å². The van der Waals surface area contributed by atoms with Gasteiger partial charge in [-0.3, -0.25) is 0 Å². The lowest BCUT2D eigenvalue weighted by Crippen LogP contribution is -2.18. The van der Waals surface area contributed by atoms with Gasteiger partial charge in [0.15, 0.2) is 0 Å². The lowest BCUT2D eigenvalue weighted by molar-refractivity contribution is 0.0923. The molecule has 1 unspecified atom stereocenters. The van der Waals surface area contributed by atoms with Crippen molar-refractivity contribution in [2.24, 2.45) is 4.36 Å². The summed E-state index contributed by atoms with van der Waals surface area (Å²) < 4.78 is 40.2. The summed E-state index contributed by atoms with van der Waals surface area (Å²) in [5.41, 5.74) is 2.67. The third-order valence-electron chi connectivity index (χ3n) is 4.08. The first-order valence-corrected chi connectivity index (χ1v) is 10.4. The van der Waals surface area contributed by atoms with E-state index < -0.39 is 16.4 Å². The summed E-state index contributed by atoms with van der Waals surface area (Å²) in [6, 6.07) is 7.83. The lowest BCUT2D eigenvalue weighted by atomic mass is 10.1. The van der Waals surface area contributed by atoms with Gasteiger partial charge in [0, 0.05) is 24.2 Å². The van der Waals surface area contributed by atoms with Crippen molar-refractivity contribution >= 4 is 38.7 Å². The molecule has 0 aliphatic carbocycles. The second kappa shape index (κ2) is 9.15. The normalized spacial score (nSPS) is 13.4. The average molecular weight is 417 g/mol. The fourth-order valence-electron chi connectivity index (χ4n) is 2.98. The molecule has 0 amide bonds. The van der Waals surface area contributed by atoms with Gasteiger partial charge >= 0.3 is 0 Å². The van der Waals surface area contributed by atoms with Gasteiger partial charge < -0.3 is 23.4 Å². The molecule has 1 atom stereocenters. The highest BCUT2D eigenvalue weighted by Crippen LogP contribution is 2.33. The predicted octanol–water partition coefficient (Wildman–Crippen LogP) is 4.64. The molecule has 2 aromatic carbocycles. The molecule has 0 saturated heterocycles. The van der Waals surface area contributed by atoms with E-state index >= 15 is 0 Å². The van der Waals surface area contributed by atoms with Crippen LogP contribution in [0.3, 0.4) is 0 Å². The molecule has 3 aromatic rings. The van der Waals surface area contributed by atoms with Crippen LogP contribution >= 0.6 is 0 Å². The highest BCUT2D eigenvalue weighted by Gasteiger charge is 2.14. The Morgan fingerprint density at radius 2 is 2.07 bits per heavy atom. The van der Waals surface area contributed by atoms with Crippen molar-refractivity contribution in [2.45, 2.75) is 20.0 Å². The Morgan fingerprint density at radius 3 is 2.79 bits per heavy atom. The molecular formula is C20H22FN4O3S-. The van der Waals surface area contributed by atoms with E-state index in [1.807, 2.05) is 19.9 Å². The zero-order valence-electron chi connectivity index (χ0n) is 16.6. The summed E-state index contributed by atoms with van der Waals surface area (Å²) in [6.45, 7) is 4.11. The molecular weight excluding hydrogens is 395 g/mol. The van der Waals surface area contributed by atoms with Crippen molar-refractivity contribution in [3.63, 3.8) is 0 Å². The SMILES string of the molecule is COCC(C)Oc1cc(F)ccc1Nc1ncnc2cc(N=[S-](C)=O)cc(C)c12. The minimum atomic E-state index is -1.31. The zero-order chi connectivity index (χ0) is 21.0. The summed E-state index contributed by atoms with van der Waals surface area (Å²) in [5, 5.41) is 4.00. The highest BCUT2D eigenvalue weighted by molar-refractivity contribution is 7.74. The fraction of sp³-hybridized carbons (Fsp3) is 0.300. The van der Waals surface area contributed by atoms with Crippen LogP contribution in [-0.2, 0) is 19.5 Å². The van der Waals surface area contributed by atoms with E-state index in [0.29, 0.717) is 35.1 Å². The average Bonchev–Trinajstić information content (AvgIpc) is 2.63. The van der Waals surface area contributed by atoms with Crippen LogP contribution in [-0.4, -0.2) is 36.0 Å². The number of anilines is 2. The van der Waals surface area contributed by atoms with Crippen LogP contribution in [0.15, 0.2) is 41.0 Å². The Labute approximate surface area is 170 Å². The molecule has 1 N–H and O–H groups in total. The van der Waals surface area contributed by atoms with Crippen molar-refractivity contribution in [3.05, 3.63) is 48.0 Å². The second-order valence-electron chi connectivity index (χ2n) is 6.54. The number of ether oxygens (including phenoxy) is 2. The summed E-state index contributed by atoms with van der Waals surface area (Å²) in [7, 11) is 0.264. The predicted molar refractivity (Wildman–Crippen MR) is 112 cm³/mol. The quantitative estimate of drug-likeness (QED) is 0.564. The molecule has 154 valence electrons. The summed E-state index contributed by atoms with van der Waals surface area (Å²) in [4.78, 5) is 8.65. The molecule has 1 heterocycles. The van der Waals surface area contributed by atoms with Gasteiger partial charge in [0.1, 0.15) is 29.8 Å². The number of hydrogen-bond donors (Lipinski definition) is 1. The van der Waals surface area contributed by atoms with Crippen LogP contribution < -0.4 is 10.1 Å². The topological polar surface area (TPSA) is 85.7 Å². The number of halogens is 1. The Kier molecular flexibility index (Phi) is 6.60. The van der Waals surface area contributed by atoms with Crippen LogP contribution in [0.25, 0.3) is 10.9 Å². The minimum absolute atomic E-state index is 0.259. The first kappa shape index (κ1) is 20.9. The number of nitrogens with one attached hydrogen (secondary N) is 1. The smallest absolute Gasteiger partial charge is 0.146 e. The number of nitrogens with zero attached hydrogens (tertiary/aromatic N) is 3. The van der Waals surface area contributed by atoms with E-state index in [-0.39, 0.29) is 6.10 Å². The van der Waals surface area contributed by atoms with Gasteiger partial charge in [0.25, 0.3) is 0 Å². The van der Waals surface area contributed by atoms with E-state index in [0.717, 1.165) is 10.9 Å². The van der Waals surface area contributed by atoms with E-state index in [1.165, 1.54) is 24.7 Å². The Hall–Kier alpha value is -2.78. The molecule has 0 aliphatic heterocycles. The molecule has 0 aliphatic rings. The summed E-state index contributed by atoms with van der Waals surface area (Å²) >= 11 is 0. The maximum atomic E-state index is 13.8. The zero-order valence-corrected chi connectivity index (χ0v) is 17.4. The number of rotatable bonds is 7. The molecule has 0 saturated carbocycles. The standard InChI is InChI=1S/C20H22FN4O3S/c1-12-7-15(25-29(4)26)9-17-19(12)20(23-11-22-17)24-16-6-5-14(21)8-18(16)28-13(2)10-27-3/h5-9,11,13H,10H2,1-4H3,(H,22,23,24)/q-1. The second-order valence-corrected chi connectivity index (χ2v) is 7.57. The monoisotopic (exact) mass is 417 g/mol. The molecule has 1 aromatic heterocycles. The first-order chi connectivity index (χ1) is 13.9. The van der Waals surface area contributed by atoms with Crippen LogP contribution in [0.5, 0.6) is 5.75 Å². The van der Waals surface area contributed by atoms with E-state index in [2.05, 4.69) is 19.6 Å². The molecule has 0 spiro atoms. The molecule has 0 bridgehead atoms. The summed E-state index contributed by atoms with van der Waals surface area (Å²) in [6.07, 6.45) is 2.67. The van der Waals surface area contributed by atoms with Gasteiger partial charge in [-0.15, -0.1) is 6.26 Å². The van der Waals surface area contributed by atoms with Crippen LogP contribution in [0.4, 0.5) is 21.6 Å². The number of aromatic nitrogens is 2. The first-order valence-electron chi connectivity index (χ1n) is 8.90. The van der Waals surface area contributed by atoms with Crippen molar-refractivity contribution in [1.29, 1.82) is 0 Å². The Balaban J connectivity index is 2.03. The van der Waals surface area contributed by atoms with Crippen LogP contribution in [0.1, 0.15) is 12.5 Å². The molecule has 7 nitrogen and oxygen atoms in total. The maximum absolute atomic E-state index is 13.8. The van der Waals surface area contributed by atoms with Gasteiger partial charge in [-0.1, -0.05) is 0 Å². The number of aryl methyl sites for hydroxylation is 1. The minimum Gasteiger partial charge on any atom is -0.486 e. The third-order valence-corrected chi connectivity index (χ3v) is 4.55. The molecule has 3 rings (SSSR count). The molecule has 29 heavy (non-hydrogen) atoms. The van der Waals surface area contributed by atoms with E-state index in [4.69, 9.17) is 9.47 Å². The van der Waals surface area contributed by atoms with Crippen molar-refractivity contribution in [2.75, 3.05) is 25.3 Å². The number of methoxy groups -OCH3 is 1.